The number of hydrogen-bond acceptors (Lipinski definition) is 5. The van der Waals surface area contributed by atoms with Crippen molar-refractivity contribution in [2.45, 2.75) is 6.92 Å². The van der Waals surface area contributed by atoms with E-state index >= 15 is 0 Å². The summed E-state index contributed by atoms with van der Waals surface area (Å²) in [6.45, 7) is 1.85. The molecule has 0 aliphatic carbocycles. The highest BCUT2D eigenvalue weighted by Crippen LogP contribution is 2.32. The number of para-hydroxylation sites is 1. The van der Waals surface area contributed by atoms with E-state index < -0.39 is 11.6 Å². The summed E-state index contributed by atoms with van der Waals surface area (Å²) in [5.41, 5.74) is 1.18. The lowest BCUT2D eigenvalue weighted by Gasteiger charge is -2.13. The normalized spacial score (nSPS) is 10.5. The fourth-order valence-corrected chi connectivity index (χ4v) is 2.44. The van der Waals surface area contributed by atoms with Crippen LogP contribution in [0.25, 0.3) is 0 Å². The van der Waals surface area contributed by atoms with E-state index in [9.17, 15) is 8.78 Å². The molecule has 2 N–H and O–H groups in total. The lowest BCUT2D eigenvalue weighted by Crippen LogP contribution is -2.03. The third-order valence-corrected chi connectivity index (χ3v) is 4.01. The van der Waals surface area contributed by atoms with Gasteiger partial charge < -0.3 is 15.4 Å². The Labute approximate surface area is 154 Å². The molecular formula is C18H15ClF2N4O. The number of benzene rings is 2. The van der Waals surface area contributed by atoms with Crippen molar-refractivity contribution >= 4 is 34.7 Å². The average Bonchev–Trinajstić information content (AvgIpc) is 2.61. The monoisotopic (exact) mass is 376 g/mol. The summed E-state index contributed by atoms with van der Waals surface area (Å²) in [6, 6.07) is 8.58. The largest absolute Gasteiger partial charge is 0.495 e. The van der Waals surface area contributed by atoms with Crippen LogP contribution in [0.3, 0.4) is 0 Å². The minimum Gasteiger partial charge on any atom is -0.495 e. The van der Waals surface area contributed by atoms with Crippen LogP contribution in [-0.2, 0) is 0 Å². The second kappa shape index (κ2) is 7.53. The number of hydrogen-bond donors (Lipinski definition) is 2. The van der Waals surface area contributed by atoms with Crippen LogP contribution in [0.5, 0.6) is 5.75 Å². The Balaban J connectivity index is 1.88. The molecule has 0 spiro atoms. The van der Waals surface area contributed by atoms with E-state index in [1.54, 1.807) is 12.1 Å². The first-order chi connectivity index (χ1) is 12.5. The van der Waals surface area contributed by atoms with Gasteiger partial charge in [-0.25, -0.2) is 13.8 Å². The van der Waals surface area contributed by atoms with Crippen molar-refractivity contribution in [3.8, 4) is 5.75 Å². The van der Waals surface area contributed by atoms with Crippen molar-refractivity contribution < 1.29 is 13.5 Å². The van der Waals surface area contributed by atoms with Gasteiger partial charge in [0.2, 0.25) is 5.95 Å². The Bertz CT molecular complexity index is 932. The second-order valence-corrected chi connectivity index (χ2v) is 5.82. The van der Waals surface area contributed by atoms with Crippen molar-refractivity contribution in [1.82, 2.24) is 9.97 Å². The van der Waals surface area contributed by atoms with E-state index in [2.05, 4.69) is 20.6 Å². The molecule has 3 aromatic rings. The first kappa shape index (κ1) is 17.9. The van der Waals surface area contributed by atoms with Crippen LogP contribution >= 0.6 is 11.6 Å². The fourth-order valence-electron chi connectivity index (χ4n) is 2.28. The minimum absolute atomic E-state index is 0.228. The molecule has 0 aliphatic rings. The zero-order valence-corrected chi connectivity index (χ0v) is 14.7. The maximum Gasteiger partial charge on any atom is 0.229 e. The number of halogens is 3. The molecule has 0 amide bonds. The van der Waals surface area contributed by atoms with E-state index in [4.69, 9.17) is 16.3 Å². The van der Waals surface area contributed by atoms with Crippen molar-refractivity contribution in [3.63, 3.8) is 0 Å². The highest BCUT2D eigenvalue weighted by Gasteiger charge is 2.11. The number of aryl methyl sites for hydroxylation is 1. The summed E-state index contributed by atoms with van der Waals surface area (Å²) in [4.78, 5) is 8.33. The summed E-state index contributed by atoms with van der Waals surface area (Å²) in [7, 11) is 1.52. The standard InChI is InChI=1S/C18H15ClF2N4O/c1-10-8-14(15(26-2)9-11(10)19)23-18-22-7-6-16(25-18)24-17-12(20)4-3-5-13(17)21/h3-9H,1-2H3,(H2,22,23,24,25). The van der Waals surface area contributed by atoms with Crippen LogP contribution in [-0.4, -0.2) is 17.1 Å². The Morgan fingerprint density at radius 3 is 2.50 bits per heavy atom. The van der Waals surface area contributed by atoms with E-state index in [1.807, 2.05) is 6.92 Å². The first-order valence-corrected chi connectivity index (χ1v) is 8.01. The molecule has 0 unspecified atom stereocenters. The molecule has 0 radical (unpaired) electrons. The Morgan fingerprint density at radius 1 is 1.08 bits per heavy atom. The van der Waals surface area contributed by atoms with E-state index in [1.165, 1.54) is 25.4 Å². The molecule has 3 rings (SSSR count). The molecular weight excluding hydrogens is 362 g/mol. The van der Waals surface area contributed by atoms with E-state index in [0.29, 0.717) is 16.5 Å². The van der Waals surface area contributed by atoms with Gasteiger partial charge in [0.25, 0.3) is 0 Å². The lowest BCUT2D eigenvalue weighted by molar-refractivity contribution is 0.416. The molecule has 0 atom stereocenters. The zero-order valence-electron chi connectivity index (χ0n) is 14.0. The van der Waals surface area contributed by atoms with Crippen molar-refractivity contribution in [3.05, 3.63) is 64.8 Å². The molecule has 0 saturated heterocycles. The van der Waals surface area contributed by atoms with Gasteiger partial charge in [-0.3, -0.25) is 0 Å². The molecule has 134 valence electrons. The number of anilines is 4. The Hall–Kier alpha value is -2.93. The SMILES string of the molecule is COc1cc(Cl)c(C)cc1Nc1nccc(Nc2c(F)cccc2F)n1. The van der Waals surface area contributed by atoms with Gasteiger partial charge in [-0.15, -0.1) is 0 Å². The molecule has 1 aromatic heterocycles. The van der Waals surface area contributed by atoms with Crippen LogP contribution in [0.15, 0.2) is 42.6 Å². The van der Waals surface area contributed by atoms with Crippen LogP contribution in [0.2, 0.25) is 5.02 Å². The summed E-state index contributed by atoms with van der Waals surface area (Å²) in [5, 5.41) is 6.20. The smallest absolute Gasteiger partial charge is 0.229 e. The van der Waals surface area contributed by atoms with E-state index in [0.717, 1.165) is 17.7 Å². The van der Waals surface area contributed by atoms with Gasteiger partial charge in [-0.1, -0.05) is 17.7 Å². The third kappa shape index (κ3) is 3.83. The Morgan fingerprint density at radius 2 is 1.81 bits per heavy atom. The van der Waals surface area contributed by atoms with Crippen LogP contribution in [0, 0.1) is 18.6 Å². The molecule has 26 heavy (non-hydrogen) atoms. The van der Waals surface area contributed by atoms with Crippen LogP contribution < -0.4 is 15.4 Å². The van der Waals surface area contributed by atoms with Crippen molar-refractivity contribution in [2.24, 2.45) is 0 Å². The van der Waals surface area contributed by atoms with Gasteiger partial charge in [-0.2, -0.15) is 4.98 Å². The van der Waals surface area contributed by atoms with Crippen LogP contribution in [0.4, 0.5) is 31.9 Å². The van der Waals surface area contributed by atoms with Gasteiger partial charge in [-0.05, 0) is 36.8 Å². The summed E-state index contributed by atoms with van der Waals surface area (Å²) in [5.74, 6) is -0.452. The molecule has 0 fully saturated rings. The van der Waals surface area contributed by atoms with E-state index in [-0.39, 0.29) is 17.5 Å². The second-order valence-electron chi connectivity index (χ2n) is 5.41. The molecule has 8 heteroatoms. The topological polar surface area (TPSA) is 59.1 Å². The maximum atomic E-state index is 13.8. The highest BCUT2D eigenvalue weighted by atomic mass is 35.5. The first-order valence-electron chi connectivity index (χ1n) is 7.63. The lowest BCUT2D eigenvalue weighted by atomic mass is 10.2. The highest BCUT2D eigenvalue weighted by molar-refractivity contribution is 6.31. The predicted molar refractivity (Wildman–Crippen MR) is 97.7 cm³/mol. The molecule has 0 aliphatic heterocycles. The number of ether oxygens (including phenoxy) is 1. The third-order valence-electron chi connectivity index (χ3n) is 3.60. The molecule has 0 bridgehead atoms. The van der Waals surface area contributed by atoms with Gasteiger partial charge in [0.15, 0.2) is 0 Å². The fraction of sp³-hybridized carbons (Fsp3) is 0.111. The molecule has 0 saturated carbocycles. The summed E-state index contributed by atoms with van der Waals surface area (Å²) >= 11 is 6.09. The molecule has 5 nitrogen and oxygen atoms in total. The number of rotatable bonds is 5. The number of nitrogens with zero attached hydrogens (tertiary/aromatic N) is 2. The van der Waals surface area contributed by atoms with Crippen LogP contribution in [0.1, 0.15) is 5.56 Å². The average molecular weight is 377 g/mol. The minimum atomic E-state index is -0.715. The van der Waals surface area contributed by atoms with Gasteiger partial charge in [0.05, 0.1) is 12.8 Å². The number of aromatic nitrogens is 2. The Kier molecular flexibility index (Phi) is 5.18. The molecule has 2 aromatic carbocycles. The predicted octanol–water partition coefficient (Wildman–Crippen LogP) is 5.21. The van der Waals surface area contributed by atoms with Crippen molar-refractivity contribution in [2.75, 3.05) is 17.7 Å². The van der Waals surface area contributed by atoms with Gasteiger partial charge in [0, 0.05) is 17.3 Å². The maximum absolute atomic E-state index is 13.8. The summed E-state index contributed by atoms with van der Waals surface area (Å²) < 4.78 is 32.8. The quantitative estimate of drug-likeness (QED) is 0.640. The molecule has 1 heterocycles. The van der Waals surface area contributed by atoms with Gasteiger partial charge >= 0.3 is 0 Å². The number of methoxy groups -OCH3 is 1. The zero-order chi connectivity index (χ0) is 18.7. The van der Waals surface area contributed by atoms with Crippen molar-refractivity contribution in [1.29, 1.82) is 0 Å². The summed E-state index contributed by atoms with van der Waals surface area (Å²) in [6.07, 6.45) is 1.46. The number of nitrogens with one attached hydrogen (secondary N) is 2. The van der Waals surface area contributed by atoms with Gasteiger partial charge in [0.1, 0.15) is 28.9 Å².